The van der Waals surface area contributed by atoms with Crippen LogP contribution in [0.4, 0.5) is 10.7 Å². The molecule has 2 amide bonds. The maximum absolute atomic E-state index is 12.3. The van der Waals surface area contributed by atoms with Gasteiger partial charge in [0.2, 0.25) is 0 Å². The molecule has 1 aromatic carbocycles. The Labute approximate surface area is 148 Å². The fraction of sp³-hybridized carbons (Fsp3) is 0.118. The third-order valence-electron chi connectivity index (χ3n) is 3.70. The maximum Gasteiger partial charge on any atom is 0.324 e. The van der Waals surface area contributed by atoms with E-state index in [4.69, 9.17) is 4.42 Å². The Kier molecular flexibility index (Phi) is 4.02. The van der Waals surface area contributed by atoms with Gasteiger partial charge in [-0.1, -0.05) is 12.1 Å². The molecule has 0 atom stereocenters. The summed E-state index contributed by atoms with van der Waals surface area (Å²) in [5.41, 5.74) is 2.29. The van der Waals surface area contributed by atoms with Gasteiger partial charge in [0, 0.05) is 7.05 Å². The molecule has 0 bridgehead atoms. The number of H-pyrrole nitrogens is 1. The fourth-order valence-electron chi connectivity index (χ4n) is 2.42. The number of nitrogens with one attached hydrogen (secondary N) is 2. The summed E-state index contributed by atoms with van der Waals surface area (Å²) in [7, 11) is 1.66. The molecule has 2 N–H and O–H groups in total. The molecule has 0 unspecified atom stereocenters. The molecule has 0 aliphatic carbocycles. The van der Waals surface area contributed by atoms with Crippen LogP contribution < -0.4 is 5.32 Å². The van der Waals surface area contributed by atoms with E-state index in [-0.39, 0.29) is 12.0 Å². The summed E-state index contributed by atoms with van der Waals surface area (Å²) in [6.07, 6.45) is 3.20. The maximum atomic E-state index is 12.3. The number of hydrogen-bond donors (Lipinski definition) is 2. The first-order valence-corrected chi connectivity index (χ1v) is 7.88. The Morgan fingerprint density at radius 2 is 2.04 bits per heavy atom. The number of carbonyl (C=O) groups is 1. The number of furan rings is 1. The van der Waals surface area contributed by atoms with Crippen molar-refractivity contribution in [3.8, 4) is 11.6 Å². The normalized spacial score (nSPS) is 10.8. The molecule has 4 aromatic rings. The second kappa shape index (κ2) is 6.63. The smallest absolute Gasteiger partial charge is 0.324 e. The highest BCUT2D eigenvalue weighted by atomic mass is 16.3. The van der Waals surface area contributed by atoms with E-state index in [9.17, 15) is 4.79 Å². The standard InChI is InChI=1S/C17H15N7O2/c1-24(10-11-9-18-12-5-2-3-6-13(12)19-11)17(25)21-16-20-15(22-23-16)14-7-4-8-26-14/h2-9H,10H2,1H3,(H2,20,21,22,23,25). The van der Waals surface area contributed by atoms with Crippen molar-refractivity contribution >= 4 is 23.0 Å². The van der Waals surface area contributed by atoms with Gasteiger partial charge in [0.05, 0.1) is 35.7 Å². The Balaban J connectivity index is 1.42. The lowest BCUT2D eigenvalue weighted by atomic mass is 10.3. The van der Waals surface area contributed by atoms with Gasteiger partial charge in [-0.2, -0.15) is 4.98 Å². The monoisotopic (exact) mass is 349 g/mol. The Bertz CT molecular complexity index is 1040. The molecule has 0 saturated heterocycles. The molecule has 0 aliphatic rings. The Morgan fingerprint density at radius 1 is 1.19 bits per heavy atom. The van der Waals surface area contributed by atoms with Crippen LogP contribution in [-0.4, -0.2) is 43.1 Å². The number of anilines is 1. The summed E-state index contributed by atoms with van der Waals surface area (Å²) >= 11 is 0. The summed E-state index contributed by atoms with van der Waals surface area (Å²) in [5.74, 6) is 1.14. The topological polar surface area (TPSA) is 113 Å². The predicted molar refractivity (Wildman–Crippen MR) is 94.1 cm³/mol. The van der Waals surface area contributed by atoms with Gasteiger partial charge in [-0.3, -0.25) is 15.4 Å². The largest absolute Gasteiger partial charge is 0.461 e. The minimum atomic E-state index is -0.357. The summed E-state index contributed by atoms with van der Waals surface area (Å²) in [4.78, 5) is 26.8. The molecule has 130 valence electrons. The molecule has 0 fully saturated rings. The highest BCUT2D eigenvalue weighted by Crippen LogP contribution is 2.16. The molecule has 3 heterocycles. The van der Waals surface area contributed by atoms with Crippen LogP contribution in [0.5, 0.6) is 0 Å². The molecule has 9 heteroatoms. The van der Waals surface area contributed by atoms with Gasteiger partial charge in [-0.25, -0.2) is 9.78 Å². The van der Waals surface area contributed by atoms with Gasteiger partial charge in [-0.05, 0) is 24.3 Å². The number of rotatable bonds is 4. The number of nitrogens with zero attached hydrogens (tertiary/aromatic N) is 5. The predicted octanol–water partition coefficient (Wildman–Crippen LogP) is 2.67. The van der Waals surface area contributed by atoms with E-state index in [1.807, 2.05) is 24.3 Å². The number of benzene rings is 1. The van der Waals surface area contributed by atoms with E-state index in [0.29, 0.717) is 23.8 Å². The molecule has 0 spiro atoms. The van der Waals surface area contributed by atoms with E-state index in [1.165, 1.54) is 11.2 Å². The number of para-hydroxylation sites is 2. The lowest BCUT2D eigenvalue weighted by Gasteiger charge is -2.16. The summed E-state index contributed by atoms with van der Waals surface area (Å²) in [5, 5.41) is 9.30. The van der Waals surface area contributed by atoms with E-state index in [1.54, 1.807) is 25.4 Å². The number of aromatic nitrogens is 5. The van der Waals surface area contributed by atoms with Crippen LogP contribution in [0.25, 0.3) is 22.6 Å². The first-order chi connectivity index (χ1) is 12.7. The summed E-state index contributed by atoms with van der Waals surface area (Å²) < 4.78 is 5.23. The van der Waals surface area contributed by atoms with Crippen molar-refractivity contribution < 1.29 is 9.21 Å². The van der Waals surface area contributed by atoms with Crippen molar-refractivity contribution in [2.45, 2.75) is 6.54 Å². The molecule has 9 nitrogen and oxygen atoms in total. The fourth-order valence-corrected chi connectivity index (χ4v) is 2.42. The quantitative estimate of drug-likeness (QED) is 0.586. The zero-order valence-electron chi connectivity index (χ0n) is 13.9. The zero-order chi connectivity index (χ0) is 17.9. The highest BCUT2D eigenvalue weighted by Gasteiger charge is 2.14. The SMILES string of the molecule is CN(Cc1cnc2ccccc2n1)C(=O)Nc1n[nH]c(-c2ccco2)n1. The number of fused-ring (bicyclic) bond motifs is 1. The third kappa shape index (κ3) is 3.22. The van der Waals surface area contributed by atoms with Gasteiger partial charge in [0.25, 0.3) is 5.95 Å². The van der Waals surface area contributed by atoms with E-state index < -0.39 is 0 Å². The van der Waals surface area contributed by atoms with Gasteiger partial charge < -0.3 is 9.32 Å². The molecular weight excluding hydrogens is 334 g/mol. The summed E-state index contributed by atoms with van der Waals surface area (Å²) in [6, 6.07) is 10.7. The van der Waals surface area contributed by atoms with Crippen LogP contribution in [0.3, 0.4) is 0 Å². The Hall–Kier alpha value is -3.75. The minimum absolute atomic E-state index is 0.165. The second-order valence-corrected chi connectivity index (χ2v) is 5.62. The van der Waals surface area contributed by atoms with Gasteiger partial charge in [-0.15, -0.1) is 5.10 Å². The van der Waals surface area contributed by atoms with E-state index >= 15 is 0 Å². The first-order valence-electron chi connectivity index (χ1n) is 7.88. The lowest BCUT2D eigenvalue weighted by Crippen LogP contribution is -2.31. The number of hydrogen-bond acceptors (Lipinski definition) is 6. The van der Waals surface area contributed by atoms with Crippen LogP contribution in [0, 0.1) is 0 Å². The first kappa shape index (κ1) is 15.8. The third-order valence-corrected chi connectivity index (χ3v) is 3.70. The number of urea groups is 1. The number of amides is 2. The minimum Gasteiger partial charge on any atom is -0.461 e. The van der Waals surface area contributed by atoms with Crippen molar-refractivity contribution in [3.63, 3.8) is 0 Å². The summed E-state index contributed by atoms with van der Waals surface area (Å²) in [6.45, 7) is 0.305. The highest BCUT2D eigenvalue weighted by molar-refractivity contribution is 5.87. The van der Waals surface area contributed by atoms with Crippen molar-refractivity contribution in [2.24, 2.45) is 0 Å². The van der Waals surface area contributed by atoms with Gasteiger partial charge in [0.15, 0.2) is 11.6 Å². The average molecular weight is 349 g/mol. The molecule has 0 radical (unpaired) electrons. The van der Waals surface area contributed by atoms with E-state index in [2.05, 4.69) is 30.5 Å². The second-order valence-electron chi connectivity index (χ2n) is 5.62. The average Bonchev–Trinajstić information content (AvgIpc) is 3.33. The van der Waals surface area contributed by atoms with Crippen LogP contribution in [-0.2, 0) is 6.54 Å². The van der Waals surface area contributed by atoms with Crippen molar-refractivity contribution in [1.29, 1.82) is 0 Å². The molecule has 3 aromatic heterocycles. The van der Waals surface area contributed by atoms with Crippen LogP contribution in [0.15, 0.2) is 53.3 Å². The molecular formula is C17H15N7O2. The van der Waals surface area contributed by atoms with Crippen molar-refractivity contribution in [3.05, 3.63) is 54.6 Å². The number of carbonyl (C=O) groups excluding carboxylic acids is 1. The van der Waals surface area contributed by atoms with Gasteiger partial charge >= 0.3 is 6.03 Å². The molecule has 26 heavy (non-hydrogen) atoms. The van der Waals surface area contributed by atoms with Crippen LogP contribution in [0.2, 0.25) is 0 Å². The molecule has 0 aliphatic heterocycles. The van der Waals surface area contributed by atoms with Gasteiger partial charge in [0.1, 0.15) is 0 Å². The van der Waals surface area contributed by atoms with E-state index in [0.717, 1.165) is 11.0 Å². The van der Waals surface area contributed by atoms with Crippen molar-refractivity contribution in [2.75, 3.05) is 12.4 Å². The lowest BCUT2D eigenvalue weighted by molar-refractivity contribution is 0.220. The van der Waals surface area contributed by atoms with Crippen molar-refractivity contribution in [1.82, 2.24) is 30.0 Å². The Morgan fingerprint density at radius 3 is 2.85 bits per heavy atom. The zero-order valence-corrected chi connectivity index (χ0v) is 13.9. The number of aromatic amines is 1. The van der Waals surface area contributed by atoms with Crippen LogP contribution in [0.1, 0.15) is 5.69 Å². The molecule has 4 rings (SSSR count). The molecule has 0 saturated carbocycles. The van der Waals surface area contributed by atoms with Crippen LogP contribution >= 0.6 is 0 Å².